The van der Waals surface area contributed by atoms with Crippen LogP contribution in [0.3, 0.4) is 0 Å². The fraction of sp³-hybridized carbons (Fsp3) is 0.727. The van der Waals surface area contributed by atoms with Crippen molar-refractivity contribution in [1.82, 2.24) is 9.55 Å². The molecule has 0 bridgehead atoms. The van der Waals surface area contributed by atoms with Gasteiger partial charge in [0.2, 0.25) is 5.95 Å². The first-order chi connectivity index (χ1) is 6.98. The molecule has 0 atom stereocenters. The van der Waals surface area contributed by atoms with Gasteiger partial charge in [-0.25, -0.2) is 4.98 Å². The second kappa shape index (κ2) is 4.66. The second-order valence-corrected chi connectivity index (χ2v) is 4.31. The van der Waals surface area contributed by atoms with Gasteiger partial charge in [-0.05, 0) is 27.7 Å². The maximum absolute atomic E-state index is 5.34. The van der Waals surface area contributed by atoms with E-state index in [1.54, 1.807) is 7.11 Å². The van der Waals surface area contributed by atoms with Gasteiger partial charge in [0.05, 0.1) is 11.3 Å². The number of methoxy groups -OCH3 is 1. The number of hydrogen-bond donors (Lipinski definition) is 1. The molecule has 4 heteroatoms. The molecule has 0 aliphatic heterocycles. The largest absolute Gasteiger partial charge is 0.377 e. The highest BCUT2D eigenvalue weighted by Gasteiger charge is 2.16. The Bertz CT molecular complexity index is 318. The number of aryl methyl sites for hydroxylation is 2. The molecule has 0 spiro atoms. The first-order valence-electron chi connectivity index (χ1n) is 5.31. The molecule has 0 aliphatic carbocycles. The van der Waals surface area contributed by atoms with E-state index in [0.717, 1.165) is 24.7 Å². The van der Waals surface area contributed by atoms with Gasteiger partial charge in [0.25, 0.3) is 0 Å². The van der Waals surface area contributed by atoms with Crippen LogP contribution in [0.4, 0.5) is 5.95 Å². The standard InChI is InChI=1S/C11H21N3O/c1-6-14-7-9(2)13-10(14)12-8-11(3,4)15-5/h7H,6,8H2,1-5H3,(H,12,13). The number of ether oxygens (including phenoxy) is 1. The first kappa shape index (κ1) is 12.0. The Hall–Kier alpha value is -1.03. The molecule has 1 N–H and O–H groups in total. The molecule has 0 aromatic carbocycles. The van der Waals surface area contributed by atoms with Crippen molar-refractivity contribution in [2.45, 2.75) is 39.8 Å². The summed E-state index contributed by atoms with van der Waals surface area (Å²) in [5.41, 5.74) is 0.868. The SMILES string of the molecule is CCn1cc(C)nc1NCC(C)(C)OC. The monoisotopic (exact) mass is 211 g/mol. The summed E-state index contributed by atoms with van der Waals surface area (Å²) in [6.45, 7) is 9.88. The van der Waals surface area contributed by atoms with E-state index in [1.165, 1.54) is 0 Å². The quantitative estimate of drug-likeness (QED) is 0.810. The summed E-state index contributed by atoms with van der Waals surface area (Å²) in [6.07, 6.45) is 2.04. The summed E-state index contributed by atoms with van der Waals surface area (Å²) in [7, 11) is 1.72. The van der Waals surface area contributed by atoms with Crippen LogP contribution in [0, 0.1) is 6.92 Å². The maximum atomic E-state index is 5.34. The first-order valence-corrected chi connectivity index (χ1v) is 5.31. The molecule has 0 saturated heterocycles. The Kier molecular flexibility index (Phi) is 3.74. The van der Waals surface area contributed by atoms with Gasteiger partial charge in [-0.2, -0.15) is 0 Å². The normalized spacial score (nSPS) is 11.8. The summed E-state index contributed by atoms with van der Waals surface area (Å²) >= 11 is 0. The molecule has 86 valence electrons. The molecule has 0 amide bonds. The van der Waals surface area contributed by atoms with Gasteiger partial charge < -0.3 is 14.6 Å². The van der Waals surface area contributed by atoms with Gasteiger partial charge in [0, 0.05) is 26.4 Å². The average molecular weight is 211 g/mol. The van der Waals surface area contributed by atoms with Crippen LogP contribution in [0.15, 0.2) is 6.20 Å². The summed E-state index contributed by atoms with van der Waals surface area (Å²) < 4.78 is 7.44. The zero-order valence-electron chi connectivity index (χ0n) is 10.3. The van der Waals surface area contributed by atoms with Crippen LogP contribution < -0.4 is 5.32 Å². The predicted octanol–water partition coefficient (Wildman–Crippen LogP) is 2.05. The molecule has 0 saturated carbocycles. The molecule has 1 aromatic heterocycles. The van der Waals surface area contributed by atoms with Crippen LogP contribution in [0.2, 0.25) is 0 Å². The Morgan fingerprint density at radius 1 is 1.53 bits per heavy atom. The minimum atomic E-state index is -0.168. The van der Waals surface area contributed by atoms with E-state index >= 15 is 0 Å². The van der Waals surface area contributed by atoms with Crippen LogP contribution in [0.5, 0.6) is 0 Å². The summed E-state index contributed by atoms with van der Waals surface area (Å²) in [5, 5.41) is 3.30. The van der Waals surface area contributed by atoms with Gasteiger partial charge in [0.1, 0.15) is 0 Å². The van der Waals surface area contributed by atoms with Crippen molar-refractivity contribution < 1.29 is 4.74 Å². The van der Waals surface area contributed by atoms with Gasteiger partial charge in [-0.3, -0.25) is 0 Å². The van der Waals surface area contributed by atoms with Gasteiger partial charge in [-0.15, -0.1) is 0 Å². The van der Waals surface area contributed by atoms with E-state index in [9.17, 15) is 0 Å². The Balaban J connectivity index is 2.64. The lowest BCUT2D eigenvalue weighted by Gasteiger charge is -2.23. The van der Waals surface area contributed by atoms with Crippen molar-refractivity contribution in [2.24, 2.45) is 0 Å². The van der Waals surface area contributed by atoms with E-state index in [0.29, 0.717) is 0 Å². The number of aromatic nitrogens is 2. The van der Waals surface area contributed by atoms with E-state index in [2.05, 4.69) is 21.8 Å². The lowest BCUT2D eigenvalue weighted by atomic mass is 10.1. The third kappa shape index (κ3) is 3.23. The minimum Gasteiger partial charge on any atom is -0.377 e. The van der Waals surface area contributed by atoms with Crippen molar-refractivity contribution in [3.8, 4) is 0 Å². The van der Waals surface area contributed by atoms with E-state index < -0.39 is 0 Å². The number of hydrogen-bond acceptors (Lipinski definition) is 3. The maximum Gasteiger partial charge on any atom is 0.203 e. The van der Waals surface area contributed by atoms with Gasteiger partial charge in [0.15, 0.2) is 0 Å². The van der Waals surface area contributed by atoms with Crippen molar-refractivity contribution in [3.63, 3.8) is 0 Å². The number of nitrogens with zero attached hydrogens (tertiary/aromatic N) is 2. The predicted molar refractivity (Wildman–Crippen MR) is 62.2 cm³/mol. The van der Waals surface area contributed by atoms with Crippen molar-refractivity contribution in [2.75, 3.05) is 19.0 Å². The molecule has 0 aliphatic rings. The Labute approximate surface area is 91.7 Å². The van der Waals surface area contributed by atoms with Crippen LogP contribution in [0.1, 0.15) is 26.5 Å². The third-order valence-electron chi connectivity index (χ3n) is 2.46. The van der Waals surface area contributed by atoms with Crippen molar-refractivity contribution in [3.05, 3.63) is 11.9 Å². The minimum absolute atomic E-state index is 0.168. The van der Waals surface area contributed by atoms with Crippen LogP contribution in [-0.2, 0) is 11.3 Å². The molecule has 1 heterocycles. The Morgan fingerprint density at radius 2 is 2.20 bits per heavy atom. The molecule has 0 fully saturated rings. The molecule has 0 radical (unpaired) electrons. The van der Waals surface area contributed by atoms with E-state index in [4.69, 9.17) is 4.74 Å². The molecule has 1 rings (SSSR count). The average Bonchev–Trinajstić information content (AvgIpc) is 2.56. The van der Waals surface area contributed by atoms with Crippen LogP contribution in [0.25, 0.3) is 0 Å². The van der Waals surface area contributed by atoms with Crippen LogP contribution >= 0.6 is 0 Å². The summed E-state index contributed by atoms with van der Waals surface area (Å²) in [6, 6.07) is 0. The van der Waals surface area contributed by atoms with E-state index in [-0.39, 0.29) is 5.60 Å². The van der Waals surface area contributed by atoms with Crippen molar-refractivity contribution >= 4 is 5.95 Å². The summed E-state index contributed by atoms with van der Waals surface area (Å²) in [4.78, 5) is 4.42. The number of rotatable bonds is 5. The summed E-state index contributed by atoms with van der Waals surface area (Å²) in [5.74, 6) is 0.917. The van der Waals surface area contributed by atoms with Crippen LogP contribution in [-0.4, -0.2) is 28.8 Å². The molecule has 4 nitrogen and oxygen atoms in total. The van der Waals surface area contributed by atoms with Gasteiger partial charge in [-0.1, -0.05) is 0 Å². The molecule has 15 heavy (non-hydrogen) atoms. The molecule has 1 aromatic rings. The third-order valence-corrected chi connectivity index (χ3v) is 2.46. The lowest BCUT2D eigenvalue weighted by Crippen LogP contribution is -2.32. The zero-order chi connectivity index (χ0) is 11.5. The highest BCUT2D eigenvalue weighted by molar-refractivity contribution is 5.29. The molecular weight excluding hydrogens is 190 g/mol. The topological polar surface area (TPSA) is 39.1 Å². The highest BCUT2D eigenvalue weighted by Crippen LogP contribution is 2.12. The number of anilines is 1. The second-order valence-electron chi connectivity index (χ2n) is 4.31. The number of imidazole rings is 1. The lowest BCUT2D eigenvalue weighted by molar-refractivity contribution is 0.0342. The smallest absolute Gasteiger partial charge is 0.203 e. The van der Waals surface area contributed by atoms with E-state index in [1.807, 2.05) is 27.0 Å². The highest BCUT2D eigenvalue weighted by atomic mass is 16.5. The van der Waals surface area contributed by atoms with Crippen molar-refractivity contribution in [1.29, 1.82) is 0 Å². The zero-order valence-corrected chi connectivity index (χ0v) is 10.3. The number of nitrogens with one attached hydrogen (secondary N) is 1. The fourth-order valence-electron chi connectivity index (χ4n) is 1.29. The van der Waals surface area contributed by atoms with Gasteiger partial charge >= 0.3 is 0 Å². The molecular formula is C11H21N3O. The fourth-order valence-corrected chi connectivity index (χ4v) is 1.29. The Morgan fingerprint density at radius 3 is 2.73 bits per heavy atom. The molecule has 0 unspecified atom stereocenters.